The van der Waals surface area contributed by atoms with Crippen LogP contribution in [-0.2, 0) is 11.2 Å². The van der Waals surface area contributed by atoms with Gasteiger partial charge in [0.15, 0.2) is 0 Å². The van der Waals surface area contributed by atoms with Crippen molar-refractivity contribution in [2.24, 2.45) is 0 Å². The molecule has 3 N–H and O–H groups in total. The van der Waals surface area contributed by atoms with E-state index in [1.807, 2.05) is 0 Å². The van der Waals surface area contributed by atoms with Gasteiger partial charge >= 0.3 is 0 Å². The first-order valence-corrected chi connectivity index (χ1v) is 10.2. The van der Waals surface area contributed by atoms with Gasteiger partial charge in [0.05, 0.1) is 20.9 Å². The number of aromatic amines is 1. The van der Waals surface area contributed by atoms with Crippen LogP contribution in [0.4, 0.5) is 5.69 Å². The number of aliphatic hydroxyl groups excluding tert-OH is 1. The van der Waals surface area contributed by atoms with Gasteiger partial charge in [-0.2, -0.15) is 0 Å². The Kier molecular flexibility index (Phi) is 5.29. The summed E-state index contributed by atoms with van der Waals surface area (Å²) >= 11 is 13.4. The lowest BCUT2D eigenvalue weighted by molar-refractivity contribution is -0.120. The Morgan fingerprint density at radius 1 is 1.46 bits per heavy atom. The van der Waals surface area contributed by atoms with E-state index < -0.39 is 11.9 Å². The van der Waals surface area contributed by atoms with Crippen LogP contribution in [0.2, 0.25) is 9.36 Å². The van der Waals surface area contributed by atoms with Gasteiger partial charge in [0.1, 0.15) is 16.1 Å². The number of nitrogens with zero attached hydrogens (tertiary/aromatic N) is 2. The first kappa shape index (κ1) is 19.2. The smallest absolute Gasteiger partial charge is 0.268 e. The van der Waals surface area contributed by atoms with E-state index >= 15 is 0 Å². The predicted octanol–water partition coefficient (Wildman–Crippen LogP) is 3.00. The number of nitrogens with one attached hydrogen (secondary N) is 2. The SMILES string of the molecule is O=C(NC1Cc2cnccc2N(CCCO)C1=O)c1cc2sc(Cl)c(Cl)c2[nH]1. The molecule has 1 unspecified atom stereocenters. The highest BCUT2D eigenvalue weighted by Crippen LogP contribution is 2.38. The Labute approximate surface area is 174 Å². The fourth-order valence-electron chi connectivity index (χ4n) is 3.30. The minimum atomic E-state index is -0.719. The number of aromatic nitrogens is 2. The van der Waals surface area contributed by atoms with Gasteiger partial charge in [-0.3, -0.25) is 14.6 Å². The maximum atomic E-state index is 12.9. The zero-order valence-corrected chi connectivity index (χ0v) is 16.9. The molecule has 0 spiro atoms. The van der Waals surface area contributed by atoms with E-state index in [2.05, 4.69) is 15.3 Å². The van der Waals surface area contributed by atoms with Gasteiger partial charge in [-0.1, -0.05) is 23.2 Å². The van der Waals surface area contributed by atoms with E-state index in [0.29, 0.717) is 40.0 Å². The number of carbonyl (C=O) groups is 2. The molecule has 2 amide bonds. The fourth-order valence-corrected chi connectivity index (χ4v) is 4.79. The van der Waals surface area contributed by atoms with Crippen LogP contribution in [0, 0.1) is 0 Å². The van der Waals surface area contributed by atoms with Crippen molar-refractivity contribution < 1.29 is 14.7 Å². The molecule has 0 radical (unpaired) electrons. The number of fused-ring (bicyclic) bond motifs is 2. The molecule has 3 aromatic rings. The lowest BCUT2D eigenvalue weighted by atomic mass is 9.98. The molecule has 10 heteroatoms. The van der Waals surface area contributed by atoms with Crippen molar-refractivity contribution in [1.29, 1.82) is 0 Å². The van der Waals surface area contributed by atoms with Crippen molar-refractivity contribution in [1.82, 2.24) is 15.3 Å². The van der Waals surface area contributed by atoms with Gasteiger partial charge in [-0.15, -0.1) is 11.3 Å². The molecule has 0 bridgehead atoms. The van der Waals surface area contributed by atoms with Crippen LogP contribution in [0.25, 0.3) is 10.2 Å². The number of pyridine rings is 1. The van der Waals surface area contributed by atoms with Crippen molar-refractivity contribution in [3.8, 4) is 0 Å². The lowest BCUT2D eigenvalue weighted by Gasteiger charge is -2.34. The van der Waals surface area contributed by atoms with Gasteiger partial charge in [-0.25, -0.2) is 0 Å². The van der Waals surface area contributed by atoms with E-state index in [4.69, 9.17) is 28.3 Å². The molecule has 4 rings (SSSR count). The molecule has 146 valence electrons. The van der Waals surface area contributed by atoms with Crippen molar-refractivity contribution in [3.63, 3.8) is 0 Å². The lowest BCUT2D eigenvalue weighted by Crippen LogP contribution is -2.53. The highest BCUT2D eigenvalue weighted by atomic mass is 35.5. The summed E-state index contributed by atoms with van der Waals surface area (Å²) in [5, 5.41) is 12.3. The standard InChI is InChI=1S/C18H16Cl2N4O3S/c19-14-15-13(28-16(14)20)7-10(22-15)17(26)23-11-6-9-8-21-3-2-12(9)24(18(11)27)4-1-5-25/h2-3,7-8,11,22,25H,1,4-6H2,(H,23,26). The largest absolute Gasteiger partial charge is 0.396 e. The van der Waals surface area contributed by atoms with Gasteiger partial charge in [0, 0.05) is 32.0 Å². The molecule has 4 heterocycles. The second kappa shape index (κ2) is 7.71. The highest BCUT2D eigenvalue weighted by Gasteiger charge is 2.34. The van der Waals surface area contributed by atoms with Crippen LogP contribution in [-0.4, -0.2) is 46.1 Å². The van der Waals surface area contributed by atoms with Crippen molar-refractivity contribution >= 4 is 62.3 Å². The molecule has 0 fully saturated rings. The topological polar surface area (TPSA) is 98.3 Å². The number of amides is 2. The van der Waals surface area contributed by atoms with Crippen LogP contribution < -0.4 is 10.2 Å². The molecule has 0 saturated heterocycles. The zero-order valence-electron chi connectivity index (χ0n) is 14.5. The molecule has 0 aliphatic carbocycles. The summed E-state index contributed by atoms with van der Waals surface area (Å²) in [6, 6.07) is 2.72. The number of H-pyrrole nitrogens is 1. The van der Waals surface area contributed by atoms with Crippen molar-refractivity contribution in [2.75, 3.05) is 18.1 Å². The van der Waals surface area contributed by atoms with Gasteiger partial charge in [0.25, 0.3) is 5.91 Å². The molecule has 3 aromatic heterocycles. The number of hydrogen-bond acceptors (Lipinski definition) is 5. The van der Waals surface area contributed by atoms with Crippen LogP contribution in [0.15, 0.2) is 24.5 Å². The Morgan fingerprint density at radius 3 is 3.04 bits per heavy atom. The van der Waals surface area contributed by atoms with Crippen LogP contribution >= 0.6 is 34.5 Å². The molecule has 0 aromatic carbocycles. The highest BCUT2D eigenvalue weighted by molar-refractivity contribution is 7.23. The van der Waals surface area contributed by atoms with E-state index in [9.17, 15) is 9.59 Å². The normalized spacial score (nSPS) is 16.5. The van der Waals surface area contributed by atoms with Gasteiger partial charge in [-0.05, 0) is 24.1 Å². The Hall–Kier alpha value is -2.13. The third-order valence-corrected chi connectivity index (χ3v) is 6.55. The summed E-state index contributed by atoms with van der Waals surface area (Å²) in [7, 11) is 0. The summed E-state index contributed by atoms with van der Waals surface area (Å²) in [6.07, 6.45) is 4.11. The zero-order chi connectivity index (χ0) is 19.8. The van der Waals surface area contributed by atoms with E-state index in [1.54, 1.807) is 29.4 Å². The van der Waals surface area contributed by atoms with E-state index in [1.165, 1.54) is 11.3 Å². The fraction of sp³-hybridized carbons (Fsp3) is 0.278. The number of anilines is 1. The van der Waals surface area contributed by atoms with E-state index in [0.717, 1.165) is 16.0 Å². The molecule has 1 aliphatic heterocycles. The van der Waals surface area contributed by atoms with Gasteiger partial charge in [0.2, 0.25) is 5.91 Å². The molecule has 28 heavy (non-hydrogen) atoms. The van der Waals surface area contributed by atoms with Crippen molar-refractivity contribution in [3.05, 3.63) is 45.1 Å². The second-order valence-corrected chi connectivity index (χ2v) is 8.45. The third kappa shape index (κ3) is 3.37. The number of halogens is 2. The number of hydrogen-bond donors (Lipinski definition) is 3. The number of carbonyl (C=O) groups excluding carboxylic acids is 2. The van der Waals surface area contributed by atoms with Crippen molar-refractivity contribution in [2.45, 2.75) is 18.9 Å². The quantitative estimate of drug-likeness (QED) is 0.569. The minimum absolute atomic E-state index is 0.0241. The summed E-state index contributed by atoms with van der Waals surface area (Å²) in [4.78, 5) is 34.3. The van der Waals surface area contributed by atoms with Crippen LogP contribution in [0.1, 0.15) is 22.5 Å². The van der Waals surface area contributed by atoms with Crippen LogP contribution in [0.5, 0.6) is 0 Å². The maximum absolute atomic E-state index is 12.9. The summed E-state index contributed by atoms with van der Waals surface area (Å²) < 4.78 is 1.23. The number of rotatable bonds is 5. The monoisotopic (exact) mass is 438 g/mol. The Balaban J connectivity index is 1.57. The predicted molar refractivity (Wildman–Crippen MR) is 109 cm³/mol. The average Bonchev–Trinajstić information content (AvgIpc) is 3.21. The third-order valence-electron chi connectivity index (χ3n) is 4.62. The molecule has 1 aliphatic rings. The Morgan fingerprint density at radius 2 is 2.29 bits per heavy atom. The summed E-state index contributed by atoms with van der Waals surface area (Å²) in [5.41, 5.74) is 2.55. The maximum Gasteiger partial charge on any atom is 0.268 e. The van der Waals surface area contributed by atoms with Gasteiger partial charge < -0.3 is 20.3 Å². The van der Waals surface area contributed by atoms with E-state index in [-0.39, 0.29) is 12.5 Å². The Bertz CT molecular complexity index is 1060. The average molecular weight is 439 g/mol. The first-order chi connectivity index (χ1) is 13.5. The minimum Gasteiger partial charge on any atom is -0.396 e. The molecular weight excluding hydrogens is 423 g/mol. The van der Waals surface area contributed by atoms with Crippen LogP contribution in [0.3, 0.4) is 0 Å². The summed E-state index contributed by atoms with van der Waals surface area (Å²) in [6.45, 7) is 0.342. The summed E-state index contributed by atoms with van der Waals surface area (Å²) in [5.74, 6) is -0.613. The second-order valence-electron chi connectivity index (χ2n) is 6.41. The first-order valence-electron chi connectivity index (χ1n) is 8.62. The number of thiophene rings is 1. The number of aliphatic hydroxyl groups is 1. The molecular formula is C18H16Cl2N4O3S. The molecule has 7 nitrogen and oxygen atoms in total. The molecule has 1 atom stereocenters. The molecule has 0 saturated carbocycles.